The number of carbonyl (C=O) groups excluding carboxylic acids is 1. The largest absolute Gasteiger partial charge is 0.491 e. The summed E-state index contributed by atoms with van der Waals surface area (Å²) in [4.78, 5) is 15.9. The number of ether oxygens (including phenoxy) is 1. The number of imidazole rings is 1. The molecule has 0 unspecified atom stereocenters. The summed E-state index contributed by atoms with van der Waals surface area (Å²) in [6.07, 6.45) is 1.66. The Morgan fingerprint density at radius 1 is 1.03 bits per heavy atom. The molecule has 5 heteroatoms. The second kappa shape index (κ2) is 8.78. The molecule has 0 atom stereocenters. The third-order valence-electron chi connectivity index (χ3n) is 5.01. The van der Waals surface area contributed by atoms with Gasteiger partial charge in [0.2, 0.25) is 5.91 Å². The maximum absolute atomic E-state index is 11.1. The second-order valence-electron chi connectivity index (χ2n) is 7.08. The smallest absolute Gasteiger partial charge is 0.216 e. The van der Waals surface area contributed by atoms with Gasteiger partial charge in [-0.05, 0) is 30.0 Å². The van der Waals surface area contributed by atoms with Crippen molar-refractivity contribution in [3.63, 3.8) is 0 Å². The van der Waals surface area contributed by atoms with Crippen molar-refractivity contribution < 1.29 is 9.53 Å². The van der Waals surface area contributed by atoms with Crippen LogP contribution < -0.4 is 10.1 Å². The van der Waals surface area contributed by atoms with Crippen LogP contribution in [0.4, 0.5) is 0 Å². The van der Waals surface area contributed by atoms with E-state index in [1.54, 1.807) is 6.92 Å². The van der Waals surface area contributed by atoms with E-state index < -0.39 is 0 Å². The van der Waals surface area contributed by atoms with Crippen molar-refractivity contribution in [1.82, 2.24) is 14.9 Å². The van der Waals surface area contributed by atoms with E-state index in [4.69, 9.17) is 9.72 Å². The molecule has 1 heterocycles. The van der Waals surface area contributed by atoms with Crippen LogP contribution in [0.3, 0.4) is 0 Å². The molecule has 1 N–H and O–H groups in total. The van der Waals surface area contributed by atoms with Gasteiger partial charge in [0.05, 0.1) is 17.6 Å². The van der Waals surface area contributed by atoms with Crippen LogP contribution >= 0.6 is 0 Å². The normalized spacial score (nSPS) is 11.1. The van der Waals surface area contributed by atoms with E-state index in [1.807, 2.05) is 42.5 Å². The van der Waals surface area contributed by atoms with Crippen LogP contribution in [-0.4, -0.2) is 28.6 Å². The van der Waals surface area contributed by atoms with E-state index in [1.165, 1.54) is 5.39 Å². The molecule has 1 aromatic heterocycles. The summed E-state index contributed by atoms with van der Waals surface area (Å²) >= 11 is 0. The Labute approximate surface area is 170 Å². The molecular formula is C24H25N3O2. The standard InChI is InChI=1S/C24H25N3O2/c1-18(28)25-15-7-14-24-26-21-11-4-5-12-22(21)27(24)16-17-29-23-13-6-9-19-8-2-3-10-20(19)23/h2-6,8-13H,7,14-17H2,1H3,(H,25,28). The van der Waals surface area contributed by atoms with Crippen LogP contribution in [0.15, 0.2) is 66.7 Å². The van der Waals surface area contributed by atoms with Gasteiger partial charge in [-0.25, -0.2) is 4.98 Å². The Hall–Kier alpha value is -3.34. The number of carbonyl (C=O) groups is 1. The van der Waals surface area contributed by atoms with Gasteiger partial charge in [0, 0.05) is 25.3 Å². The minimum Gasteiger partial charge on any atom is -0.491 e. The summed E-state index contributed by atoms with van der Waals surface area (Å²) < 4.78 is 8.38. The number of nitrogens with zero attached hydrogens (tertiary/aromatic N) is 2. The summed E-state index contributed by atoms with van der Waals surface area (Å²) in [6, 6.07) is 22.6. The number of aromatic nitrogens is 2. The minimum atomic E-state index is 0.00184. The van der Waals surface area contributed by atoms with E-state index in [2.05, 4.69) is 34.1 Å². The van der Waals surface area contributed by atoms with Crippen LogP contribution in [0, 0.1) is 0 Å². The molecule has 0 saturated carbocycles. The predicted molar refractivity (Wildman–Crippen MR) is 116 cm³/mol. The lowest BCUT2D eigenvalue weighted by atomic mass is 10.1. The molecule has 0 spiro atoms. The summed E-state index contributed by atoms with van der Waals surface area (Å²) in [5.74, 6) is 1.93. The average molecular weight is 387 g/mol. The van der Waals surface area contributed by atoms with E-state index >= 15 is 0 Å². The highest BCUT2D eigenvalue weighted by atomic mass is 16.5. The van der Waals surface area contributed by atoms with Gasteiger partial charge in [-0.1, -0.05) is 48.5 Å². The molecule has 1 amide bonds. The van der Waals surface area contributed by atoms with Crippen LogP contribution in [0.25, 0.3) is 21.8 Å². The van der Waals surface area contributed by atoms with E-state index in [0.29, 0.717) is 13.2 Å². The number of hydrogen-bond acceptors (Lipinski definition) is 3. The number of aryl methyl sites for hydroxylation is 1. The zero-order chi connectivity index (χ0) is 20.1. The molecular weight excluding hydrogens is 362 g/mol. The highest BCUT2D eigenvalue weighted by Crippen LogP contribution is 2.25. The van der Waals surface area contributed by atoms with Crippen LogP contribution in [-0.2, 0) is 17.8 Å². The molecule has 4 rings (SSSR count). The van der Waals surface area contributed by atoms with Crippen molar-refractivity contribution in [1.29, 1.82) is 0 Å². The monoisotopic (exact) mass is 387 g/mol. The zero-order valence-electron chi connectivity index (χ0n) is 16.6. The fourth-order valence-electron chi connectivity index (χ4n) is 3.65. The molecule has 0 aliphatic heterocycles. The van der Waals surface area contributed by atoms with Gasteiger partial charge in [0.15, 0.2) is 0 Å². The molecule has 29 heavy (non-hydrogen) atoms. The molecule has 0 aliphatic rings. The van der Waals surface area contributed by atoms with E-state index in [9.17, 15) is 4.79 Å². The number of hydrogen-bond donors (Lipinski definition) is 1. The Kier molecular flexibility index (Phi) is 5.75. The quantitative estimate of drug-likeness (QED) is 0.458. The Morgan fingerprint density at radius 2 is 1.83 bits per heavy atom. The Morgan fingerprint density at radius 3 is 2.72 bits per heavy atom. The summed E-state index contributed by atoms with van der Waals surface area (Å²) in [5, 5.41) is 5.15. The third kappa shape index (κ3) is 4.40. The summed E-state index contributed by atoms with van der Waals surface area (Å²) in [6.45, 7) is 3.48. The lowest BCUT2D eigenvalue weighted by Gasteiger charge is -2.12. The first-order chi connectivity index (χ1) is 14.2. The first-order valence-corrected chi connectivity index (χ1v) is 10.0. The molecule has 0 aliphatic carbocycles. The van der Waals surface area contributed by atoms with Crippen molar-refractivity contribution in [2.24, 2.45) is 0 Å². The van der Waals surface area contributed by atoms with Gasteiger partial charge in [-0.3, -0.25) is 4.79 Å². The average Bonchev–Trinajstić information content (AvgIpc) is 3.09. The highest BCUT2D eigenvalue weighted by Gasteiger charge is 2.11. The van der Waals surface area contributed by atoms with E-state index in [0.717, 1.165) is 47.4 Å². The molecule has 0 saturated heterocycles. The number of rotatable bonds is 8. The number of fused-ring (bicyclic) bond motifs is 2. The van der Waals surface area contributed by atoms with Gasteiger partial charge < -0.3 is 14.6 Å². The first kappa shape index (κ1) is 19.0. The maximum atomic E-state index is 11.1. The molecule has 0 radical (unpaired) electrons. The number of para-hydroxylation sites is 2. The second-order valence-corrected chi connectivity index (χ2v) is 7.08. The number of nitrogens with one attached hydrogen (secondary N) is 1. The van der Waals surface area contributed by atoms with Gasteiger partial charge >= 0.3 is 0 Å². The number of amides is 1. The molecule has 5 nitrogen and oxygen atoms in total. The SMILES string of the molecule is CC(=O)NCCCc1nc2ccccc2n1CCOc1cccc2ccccc12. The Bertz CT molecular complexity index is 1130. The van der Waals surface area contributed by atoms with Gasteiger partial charge in [-0.2, -0.15) is 0 Å². The topological polar surface area (TPSA) is 56.2 Å². The lowest BCUT2D eigenvalue weighted by Crippen LogP contribution is -2.21. The van der Waals surface area contributed by atoms with Gasteiger partial charge in [0.25, 0.3) is 0 Å². The molecule has 0 bridgehead atoms. The van der Waals surface area contributed by atoms with Crippen LogP contribution in [0.1, 0.15) is 19.2 Å². The minimum absolute atomic E-state index is 0.00184. The van der Waals surface area contributed by atoms with Crippen molar-refractivity contribution in [2.45, 2.75) is 26.3 Å². The summed E-state index contributed by atoms with van der Waals surface area (Å²) in [5.41, 5.74) is 2.11. The fourth-order valence-corrected chi connectivity index (χ4v) is 3.65. The van der Waals surface area contributed by atoms with E-state index in [-0.39, 0.29) is 5.91 Å². The van der Waals surface area contributed by atoms with Gasteiger partial charge in [-0.15, -0.1) is 0 Å². The predicted octanol–water partition coefficient (Wildman–Crippen LogP) is 4.34. The lowest BCUT2D eigenvalue weighted by molar-refractivity contribution is -0.118. The summed E-state index contributed by atoms with van der Waals surface area (Å²) in [7, 11) is 0. The van der Waals surface area contributed by atoms with Gasteiger partial charge in [0.1, 0.15) is 18.2 Å². The first-order valence-electron chi connectivity index (χ1n) is 10.0. The van der Waals surface area contributed by atoms with Crippen LogP contribution in [0.2, 0.25) is 0 Å². The highest BCUT2D eigenvalue weighted by molar-refractivity contribution is 5.88. The number of benzene rings is 3. The fraction of sp³-hybridized carbons (Fsp3) is 0.250. The van der Waals surface area contributed by atoms with Crippen molar-refractivity contribution in [3.05, 3.63) is 72.6 Å². The molecule has 0 fully saturated rings. The van der Waals surface area contributed by atoms with Crippen LogP contribution in [0.5, 0.6) is 5.75 Å². The van der Waals surface area contributed by atoms with Crippen molar-refractivity contribution >= 4 is 27.7 Å². The van der Waals surface area contributed by atoms with Crippen molar-refractivity contribution in [2.75, 3.05) is 13.2 Å². The maximum Gasteiger partial charge on any atom is 0.216 e. The molecule has 148 valence electrons. The van der Waals surface area contributed by atoms with Crippen molar-refractivity contribution in [3.8, 4) is 5.75 Å². The zero-order valence-corrected chi connectivity index (χ0v) is 16.6. The molecule has 4 aromatic rings. The third-order valence-corrected chi connectivity index (χ3v) is 5.01. The molecule has 3 aromatic carbocycles. The Balaban J connectivity index is 1.49.